The van der Waals surface area contributed by atoms with Crippen LogP contribution in [0.5, 0.6) is 0 Å². The van der Waals surface area contributed by atoms with Crippen molar-refractivity contribution in [3.63, 3.8) is 0 Å². The fraction of sp³-hybridized carbons (Fsp3) is 0.909. The Balaban J connectivity index is 1.96. The van der Waals surface area contributed by atoms with E-state index in [0.29, 0.717) is 19.4 Å². The highest BCUT2D eigenvalue weighted by Gasteiger charge is 2.33. The lowest BCUT2D eigenvalue weighted by molar-refractivity contribution is -0.142. The first-order valence-corrected chi connectivity index (χ1v) is 8.14. The quantitative estimate of drug-likeness (QED) is 0.640. The summed E-state index contributed by atoms with van der Waals surface area (Å²) in [7, 11) is -3.56. The summed E-state index contributed by atoms with van der Waals surface area (Å²) in [6.45, 7) is 2.11. The van der Waals surface area contributed by atoms with Crippen LogP contribution in [0.1, 0.15) is 25.7 Å². The van der Waals surface area contributed by atoms with Gasteiger partial charge in [0, 0.05) is 19.1 Å². The minimum atomic E-state index is -3.56. The standard InChI is InChI=1S/C11H21N3O4S/c15-11(16)9-2-1-7-14(8-9)19(17,18)13-10-3-5-12-6-4-10/h9-10,12-13H,1-8H2,(H,15,16). The zero-order chi connectivity index (χ0) is 13.9. The Kier molecular flexibility index (Phi) is 4.77. The Labute approximate surface area is 113 Å². The van der Waals surface area contributed by atoms with Crippen molar-refractivity contribution in [2.45, 2.75) is 31.7 Å². The Bertz CT molecular complexity index is 420. The number of carbonyl (C=O) groups is 1. The van der Waals surface area contributed by atoms with E-state index in [9.17, 15) is 13.2 Å². The van der Waals surface area contributed by atoms with Crippen LogP contribution in [0.4, 0.5) is 0 Å². The van der Waals surface area contributed by atoms with Gasteiger partial charge in [0.25, 0.3) is 10.2 Å². The first-order chi connectivity index (χ1) is 8.99. The zero-order valence-electron chi connectivity index (χ0n) is 10.8. The molecule has 2 aliphatic heterocycles. The van der Waals surface area contributed by atoms with Crippen LogP contribution in [-0.2, 0) is 15.0 Å². The van der Waals surface area contributed by atoms with Crippen molar-refractivity contribution in [1.29, 1.82) is 0 Å². The Morgan fingerprint density at radius 1 is 1.26 bits per heavy atom. The third kappa shape index (κ3) is 3.88. The molecule has 0 saturated carbocycles. The normalized spacial score (nSPS) is 27.3. The van der Waals surface area contributed by atoms with Gasteiger partial charge in [-0.3, -0.25) is 4.79 Å². The molecule has 0 radical (unpaired) electrons. The summed E-state index contributed by atoms with van der Waals surface area (Å²) >= 11 is 0. The largest absolute Gasteiger partial charge is 0.481 e. The maximum absolute atomic E-state index is 12.2. The van der Waals surface area contributed by atoms with E-state index in [0.717, 1.165) is 25.9 Å². The highest BCUT2D eigenvalue weighted by Crippen LogP contribution is 2.19. The number of carboxylic acids is 1. The first kappa shape index (κ1) is 14.7. The van der Waals surface area contributed by atoms with Gasteiger partial charge in [0.15, 0.2) is 0 Å². The molecule has 1 unspecified atom stereocenters. The van der Waals surface area contributed by atoms with Crippen LogP contribution in [0.25, 0.3) is 0 Å². The van der Waals surface area contributed by atoms with Crippen molar-refractivity contribution in [3.8, 4) is 0 Å². The van der Waals surface area contributed by atoms with Gasteiger partial charge in [0.05, 0.1) is 5.92 Å². The summed E-state index contributed by atoms with van der Waals surface area (Å²) in [5, 5.41) is 12.2. The second-order valence-electron chi connectivity index (χ2n) is 5.18. The third-order valence-corrected chi connectivity index (χ3v) is 5.37. The fourth-order valence-corrected chi connectivity index (χ4v) is 4.14. The van der Waals surface area contributed by atoms with E-state index < -0.39 is 22.1 Å². The Hall–Kier alpha value is -0.700. The summed E-state index contributed by atoms with van der Waals surface area (Å²) in [6, 6.07) is -0.0449. The number of aliphatic carboxylic acids is 1. The minimum absolute atomic E-state index is 0.0449. The van der Waals surface area contributed by atoms with Crippen LogP contribution in [-0.4, -0.2) is 56.0 Å². The van der Waals surface area contributed by atoms with Crippen LogP contribution in [0, 0.1) is 5.92 Å². The molecule has 0 aromatic heterocycles. The maximum Gasteiger partial charge on any atom is 0.307 e. The van der Waals surface area contributed by atoms with Gasteiger partial charge >= 0.3 is 5.97 Å². The molecule has 2 rings (SSSR count). The van der Waals surface area contributed by atoms with Crippen molar-refractivity contribution in [2.24, 2.45) is 5.92 Å². The van der Waals surface area contributed by atoms with Gasteiger partial charge in [-0.2, -0.15) is 17.4 Å². The van der Waals surface area contributed by atoms with Crippen LogP contribution in [0.3, 0.4) is 0 Å². The molecule has 7 nitrogen and oxygen atoms in total. The van der Waals surface area contributed by atoms with Crippen molar-refractivity contribution >= 4 is 16.2 Å². The number of carboxylic acid groups (broad SMARTS) is 1. The highest BCUT2D eigenvalue weighted by atomic mass is 32.2. The van der Waals surface area contributed by atoms with E-state index in [1.165, 1.54) is 4.31 Å². The molecule has 0 amide bonds. The molecule has 0 bridgehead atoms. The van der Waals surface area contributed by atoms with Gasteiger partial charge in [0.1, 0.15) is 0 Å². The zero-order valence-corrected chi connectivity index (χ0v) is 11.7. The smallest absolute Gasteiger partial charge is 0.307 e. The van der Waals surface area contributed by atoms with Gasteiger partial charge in [0.2, 0.25) is 0 Å². The number of hydrogen-bond acceptors (Lipinski definition) is 4. The average Bonchev–Trinajstić information content (AvgIpc) is 2.39. The molecule has 3 N–H and O–H groups in total. The summed E-state index contributed by atoms with van der Waals surface area (Å²) in [5.41, 5.74) is 0. The van der Waals surface area contributed by atoms with E-state index in [-0.39, 0.29) is 12.6 Å². The number of nitrogens with zero attached hydrogens (tertiary/aromatic N) is 1. The predicted octanol–water partition coefficient (Wildman–Crippen LogP) is -0.631. The minimum Gasteiger partial charge on any atom is -0.481 e. The molecular formula is C11H21N3O4S. The van der Waals surface area contributed by atoms with E-state index >= 15 is 0 Å². The van der Waals surface area contributed by atoms with E-state index in [2.05, 4.69) is 10.0 Å². The van der Waals surface area contributed by atoms with Crippen LogP contribution in [0.2, 0.25) is 0 Å². The number of hydrogen-bond donors (Lipinski definition) is 3. The predicted molar refractivity (Wildman–Crippen MR) is 69.9 cm³/mol. The molecule has 0 spiro atoms. The third-order valence-electron chi connectivity index (χ3n) is 3.73. The summed E-state index contributed by atoms with van der Waals surface area (Å²) in [5.74, 6) is -1.50. The van der Waals surface area contributed by atoms with Crippen molar-refractivity contribution < 1.29 is 18.3 Å². The fourth-order valence-electron chi connectivity index (χ4n) is 2.59. The van der Waals surface area contributed by atoms with E-state index in [1.807, 2.05) is 0 Å². The molecule has 0 aliphatic carbocycles. The summed E-state index contributed by atoms with van der Waals surface area (Å²) in [6.07, 6.45) is 2.70. The Morgan fingerprint density at radius 3 is 2.58 bits per heavy atom. The van der Waals surface area contributed by atoms with Crippen LogP contribution >= 0.6 is 0 Å². The van der Waals surface area contributed by atoms with Gasteiger partial charge in [-0.15, -0.1) is 0 Å². The maximum atomic E-state index is 12.2. The number of nitrogens with one attached hydrogen (secondary N) is 2. The SMILES string of the molecule is O=C(O)C1CCCN(S(=O)(=O)NC2CCNCC2)C1. The van der Waals surface area contributed by atoms with Crippen molar-refractivity contribution in [1.82, 2.24) is 14.3 Å². The Morgan fingerprint density at radius 2 is 1.95 bits per heavy atom. The summed E-state index contributed by atoms with van der Waals surface area (Å²) < 4.78 is 28.4. The van der Waals surface area contributed by atoms with Gasteiger partial charge < -0.3 is 10.4 Å². The van der Waals surface area contributed by atoms with Crippen LogP contribution < -0.4 is 10.0 Å². The molecule has 19 heavy (non-hydrogen) atoms. The molecule has 110 valence electrons. The number of rotatable bonds is 4. The lowest BCUT2D eigenvalue weighted by atomic mass is 10.0. The molecule has 0 aromatic rings. The molecule has 0 aromatic carbocycles. The van der Waals surface area contributed by atoms with Gasteiger partial charge in [-0.25, -0.2) is 0 Å². The molecule has 2 fully saturated rings. The van der Waals surface area contributed by atoms with Crippen molar-refractivity contribution in [2.75, 3.05) is 26.2 Å². The van der Waals surface area contributed by atoms with Gasteiger partial charge in [-0.1, -0.05) is 0 Å². The second-order valence-corrected chi connectivity index (χ2v) is 6.88. The monoisotopic (exact) mass is 291 g/mol. The van der Waals surface area contributed by atoms with E-state index in [4.69, 9.17) is 5.11 Å². The molecular weight excluding hydrogens is 270 g/mol. The van der Waals surface area contributed by atoms with Crippen LogP contribution in [0.15, 0.2) is 0 Å². The average molecular weight is 291 g/mol. The summed E-state index contributed by atoms with van der Waals surface area (Å²) in [4.78, 5) is 11.0. The van der Waals surface area contributed by atoms with Crippen molar-refractivity contribution in [3.05, 3.63) is 0 Å². The molecule has 2 saturated heterocycles. The molecule has 1 atom stereocenters. The second kappa shape index (κ2) is 6.17. The molecule has 8 heteroatoms. The topological polar surface area (TPSA) is 98.7 Å². The number of piperidine rings is 2. The molecule has 2 aliphatic rings. The highest BCUT2D eigenvalue weighted by molar-refractivity contribution is 7.87. The molecule has 2 heterocycles. The lowest BCUT2D eigenvalue weighted by Crippen LogP contribution is -2.51. The lowest BCUT2D eigenvalue weighted by Gasteiger charge is -2.32. The first-order valence-electron chi connectivity index (χ1n) is 6.70. The van der Waals surface area contributed by atoms with E-state index in [1.54, 1.807) is 0 Å². The van der Waals surface area contributed by atoms with Gasteiger partial charge in [-0.05, 0) is 38.8 Å².